The van der Waals surface area contributed by atoms with Gasteiger partial charge in [-0.1, -0.05) is 6.92 Å². The molecule has 0 saturated carbocycles. The molecule has 4 N–H and O–H groups in total. The number of fused-ring (bicyclic) bond motifs is 1. The van der Waals surface area contributed by atoms with Gasteiger partial charge in [-0.2, -0.15) is 9.61 Å². The van der Waals surface area contributed by atoms with E-state index < -0.39 is 17.3 Å². The maximum atomic E-state index is 15.4. The molecule has 0 aliphatic carbocycles. The smallest absolute Gasteiger partial charge is 0.229 e. The zero-order chi connectivity index (χ0) is 30.3. The second kappa shape index (κ2) is 11.5. The summed E-state index contributed by atoms with van der Waals surface area (Å²) >= 11 is 0. The van der Waals surface area contributed by atoms with Gasteiger partial charge in [0.2, 0.25) is 11.9 Å². The van der Waals surface area contributed by atoms with Gasteiger partial charge < -0.3 is 26.0 Å². The van der Waals surface area contributed by atoms with E-state index in [0.717, 1.165) is 17.8 Å². The molecule has 2 aliphatic rings. The number of hydrogen-bond donors (Lipinski definition) is 3. The number of nitrogens with one attached hydrogen (secondary N) is 2. The van der Waals surface area contributed by atoms with Gasteiger partial charge in [0.05, 0.1) is 40.5 Å². The lowest BCUT2D eigenvalue weighted by molar-refractivity contribution is -0.120. The van der Waals surface area contributed by atoms with Crippen LogP contribution in [0, 0.1) is 17.6 Å². The minimum Gasteiger partial charge on any atom is -0.381 e. The molecule has 4 aromatic rings. The fourth-order valence-electron chi connectivity index (χ4n) is 6.05. The zero-order valence-corrected chi connectivity index (χ0v) is 23.9. The Balaban J connectivity index is 1.29. The molecule has 3 aromatic heterocycles. The van der Waals surface area contributed by atoms with E-state index in [1.807, 2.05) is 13.0 Å². The van der Waals surface area contributed by atoms with Gasteiger partial charge in [0, 0.05) is 64.3 Å². The van der Waals surface area contributed by atoms with Crippen molar-refractivity contribution in [2.45, 2.75) is 44.4 Å². The standard InChI is InChI=1S/C30H33F3N8O2/c1-17-15-40(16-23(34)28(17)37-18(2)42)26-5-8-35-14-25(26)38-29-36-13-20-3-4-24(39-41(20)29)27-21(31)11-19(12-22(27)32)30(33)6-9-43-10-7-30/h3-5,8,11-14,17,23,28H,6-7,9-10,15-16,34H2,1-2H3,(H,36,38)(H,37,42). The number of nitrogens with two attached hydrogens (primary N) is 1. The Morgan fingerprint density at radius 2 is 1.86 bits per heavy atom. The minimum absolute atomic E-state index is 0.0289. The van der Waals surface area contributed by atoms with Crippen LogP contribution >= 0.6 is 0 Å². The van der Waals surface area contributed by atoms with Crippen LogP contribution in [-0.4, -0.2) is 63.9 Å². The Hall–Kier alpha value is -4.23. The molecule has 2 saturated heterocycles. The number of alkyl halides is 1. The van der Waals surface area contributed by atoms with Gasteiger partial charge in [0.1, 0.15) is 17.3 Å². The molecule has 0 radical (unpaired) electrons. The molecule has 226 valence electrons. The number of halogens is 3. The minimum atomic E-state index is -1.85. The third-order valence-electron chi connectivity index (χ3n) is 8.25. The van der Waals surface area contributed by atoms with Crippen molar-refractivity contribution < 1.29 is 22.7 Å². The van der Waals surface area contributed by atoms with Crippen molar-refractivity contribution in [3.8, 4) is 11.3 Å². The molecule has 3 atom stereocenters. The number of carbonyl (C=O) groups is 1. The number of imidazole rings is 1. The highest BCUT2D eigenvalue weighted by Crippen LogP contribution is 2.39. The van der Waals surface area contributed by atoms with E-state index >= 15 is 13.2 Å². The number of carbonyl (C=O) groups excluding carboxylic acids is 1. The van der Waals surface area contributed by atoms with E-state index in [1.165, 1.54) is 17.5 Å². The fourth-order valence-corrected chi connectivity index (χ4v) is 6.05. The summed E-state index contributed by atoms with van der Waals surface area (Å²) in [6, 6.07) is 6.67. The molecule has 2 aliphatic heterocycles. The van der Waals surface area contributed by atoms with Crippen molar-refractivity contribution in [3.63, 3.8) is 0 Å². The maximum Gasteiger partial charge on any atom is 0.229 e. The molecular formula is C30H33F3N8O2. The Kier molecular flexibility index (Phi) is 7.69. The topological polar surface area (TPSA) is 123 Å². The molecule has 2 fully saturated rings. The van der Waals surface area contributed by atoms with Crippen molar-refractivity contribution in [2.75, 3.05) is 36.5 Å². The normalized spacial score (nSPS) is 22.0. The summed E-state index contributed by atoms with van der Waals surface area (Å²) in [5.74, 6) is -1.53. The Labute approximate surface area is 246 Å². The molecule has 3 unspecified atom stereocenters. The van der Waals surface area contributed by atoms with Crippen LogP contribution in [0.2, 0.25) is 0 Å². The Morgan fingerprint density at radius 1 is 1.12 bits per heavy atom. The van der Waals surface area contributed by atoms with Gasteiger partial charge in [0.15, 0.2) is 0 Å². The number of nitrogens with zero attached hydrogens (tertiary/aromatic N) is 5. The van der Waals surface area contributed by atoms with Crippen molar-refractivity contribution in [1.29, 1.82) is 0 Å². The first-order valence-electron chi connectivity index (χ1n) is 14.2. The van der Waals surface area contributed by atoms with Gasteiger partial charge in [-0.25, -0.2) is 18.2 Å². The van der Waals surface area contributed by atoms with Gasteiger partial charge in [-0.05, 0) is 41.8 Å². The first-order chi connectivity index (χ1) is 20.6. The molecule has 10 nitrogen and oxygen atoms in total. The monoisotopic (exact) mass is 594 g/mol. The first kappa shape index (κ1) is 28.9. The van der Waals surface area contributed by atoms with E-state index in [1.54, 1.807) is 24.7 Å². The van der Waals surface area contributed by atoms with Crippen LogP contribution < -0.4 is 21.3 Å². The Bertz CT molecular complexity index is 1620. The van der Waals surface area contributed by atoms with E-state index in [9.17, 15) is 4.79 Å². The van der Waals surface area contributed by atoms with E-state index in [0.29, 0.717) is 30.2 Å². The summed E-state index contributed by atoms with van der Waals surface area (Å²) in [5, 5.41) is 10.7. The summed E-state index contributed by atoms with van der Waals surface area (Å²) in [6.07, 6.45) is 4.98. The van der Waals surface area contributed by atoms with Gasteiger partial charge in [-0.3, -0.25) is 9.78 Å². The third-order valence-corrected chi connectivity index (χ3v) is 8.25. The molecule has 0 bridgehead atoms. The summed E-state index contributed by atoms with van der Waals surface area (Å²) in [7, 11) is 0. The lowest BCUT2D eigenvalue weighted by atomic mass is 9.87. The SMILES string of the molecule is CC(=O)NC1C(C)CN(c2ccncc2Nc2ncc3ccc(-c4c(F)cc(C5(F)CCOCC5)cc4F)nn23)CC1N. The zero-order valence-electron chi connectivity index (χ0n) is 23.9. The second-order valence-electron chi connectivity index (χ2n) is 11.3. The molecule has 43 heavy (non-hydrogen) atoms. The predicted octanol–water partition coefficient (Wildman–Crippen LogP) is 4.08. The number of amides is 1. The number of aromatic nitrogens is 4. The number of pyridine rings is 1. The molecule has 1 aromatic carbocycles. The van der Waals surface area contributed by atoms with E-state index in [2.05, 4.69) is 30.6 Å². The van der Waals surface area contributed by atoms with Gasteiger partial charge in [-0.15, -0.1) is 0 Å². The molecule has 5 heterocycles. The average Bonchev–Trinajstić information content (AvgIpc) is 3.37. The summed E-state index contributed by atoms with van der Waals surface area (Å²) in [6.45, 7) is 5.04. The first-order valence-corrected chi connectivity index (χ1v) is 14.2. The number of rotatable bonds is 6. The van der Waals surface area contributed by atoms with Gasteiger partial charge >= 0.3 is 0 Å². The average molecular weight is 595 g/mol. The van der Waals surface area contributed by atoms with Crippen LogP contribution in [0.3, 0.4) is 0 Å². The quantitative estimate of drug-likeness (QED) is 0.305. The van der Waals surface area contributed by atoms with Crippen molar-refractivity contribution >= 4 is 28.7 Å². The summed E-state index contributed by atoms with van der Waals surface area (Å²) in [5.41, 5.74) is 6.29. The second-order valence-corrected chi connectivity index (χ2v) is 11.3. The highest BCUT2D eigenvalue weighted by atomic mass is 19.1. The predicted molar refractivity (Wildman–Crippen MR) is 156 cm³/mol. The van der Waals surface area contributed by atoms with E-state index in [4.69, 9.17) is 10.5 Å². The van der Waals surface area contributed by atoms with Crippen LogP contribution in [0.5, 0.6) is 0 Å². The van der Waals surface area contributed by atoms with E-state index in [-0.39, 0.29) is 66.8 Å². The number of piperidine rings is 1. The lowest BCUT2D eigenvalue weighted by Gasteiger charge is -2.42. The van der Waals surface area contributed by atoms with Crippen molar-refractivity contribution in [3.05, 3.63) is 66.1 Å². The summed E-state index contributed by atoms with van der Waals surface area (Å²) < 4.78 is 52.8. The van der Waals surface area contributed by atoms with Crippen LogP contribution in [0.1, 0.15) is 32.3 Å². The van der Waals surface area contributed by atoms with Crippen molar-refractivity contribution in [1.82, 2.24) is 24.9 Å². The van der Waals surface area contributed by atoms with Crippen LogP contribution in [-0.2, 0) is 15.2 Å². The summed E-state index contributed by atoms with van der Waals surface area (Å²) in [4.78, 5) is 22.5. The number of hydrogen-bond acceptors (Lipinski definition) is 8. The van der Waals surface area contributed by atoms with Crippen LogP contribution in [0.15, 0.2) is 48.9 Å². The molecule has 13 heteroatoms. The highest BCUT2D eigenvalue weighted by Gasteiger charge is 2.36. The number of ether oxygens (including phenoxy) is 1. The molecule has 1 amide bonds. The largest absolute Gasteiger partial charge is 0.381 e. The molecule has 6 rings (SSSR count). The fraction of sp³-hybridized carbons (Fsp3) is 0.400. The number of anilines is 3. The number of benzene rings is 1. The maximum absolute atomic E-state index is 15.4. The molecule has 0 spiro atoms. The van der Waals surface area contributed by atoms with Crippen LogP contribution in [0.25, 0.3) is 16.8 Å². The molecular weight excluding hydrogens is 561 g/mol. The lowest BCUT2D eigenvalue weighted by Crippen LogP contribution is -2.61. The highest BCUT2D eigenvalue weighted by molar-refractivity contribution is 5.75. The third kappa shape index (κ3) is 5.62. The van der Waals surface area contributed by atoms with Crippen molar-refractivity contribution in [2.24, 2.45) is 11.7 Å². The Morgan fingerprint density at radius 3 is 2.56 bits per heavy atom. The van der Waals surface area contributed by atoms with Gasteiger partial charge in [0.25, 0.3) is 0 Å². The van der Waals surface area contributed by atoms with Crippen LogP contribution in [0.4, 0.5) is 30.5 Å².